The fraction of sp³-hybridized carbons (Fsp3) is 0.115. The van der Waals surface area contributed by atoms with Crippen molar-refractivity contribution < 1.29 is 19.1 Å². The van der Waals surface area contributed by atoms with Crippen molar-refractivity contribution in [1.82, 2.24) is 4.57 Å². The molecule has 1 heterocycles. The van der Waals surface area contributed by atoms with Crippen LogP contribution in [0.25, 0.3) is 21.9 Å². The number of hydrogen-bond donors (Lipinski definition) is 1. The molecule has 0 saturated heterocycles. The highest BCUT2D eigenvalue weighted by Crippen LogP contribution is 2.31. The number of ether oxygens (including phenoxy) is 2. The second-order valence-corrected chi connectivity index (χ2v) is 7.90. The summed E-state index contributed by atoms with van der Waals surface area (Å²) in [6, 6.07) is 21.1. The minimum atomic E-state index is -0.794. The Hall–Kier alpha value is -4.10. The molecule has 0 unspecified atom stereocenters. The third-order valence-electron chi connectivity index (χ3n) is 5.33. The standard InChI is InChI=1S/C26H21ClN2O5/c1-29-24(26(32)34-15-22(30)28-20-14-17(27)12-13-21(20)33-2)23(16-8-4-3-5-9-16)18-10-6-7-11-19(18)25(29)31/h3-14H,15H2,1-2H3,(H,28,30). The molecule has 3 aromatic carbocycles. The zero-order valence-electron chi connectivity index (χ0n) is 18.5. The molecule has 172 valence electrons. The number of pyridine rings is 1. The molecule has 34 heavy (non-hydrogen) atoms. The topological polar surface area (TPSA) is 86.6 Å². The van der Waals surface area contributed by atoms with Crippen molar-refractivity contribution in [3.05, 3.63) is 93.9 Å². The van der Waals surface area contributed by atoms with E-state index in [1.807, 2.05) is 30.3 Å². The van der Waals surface area contributed by atoms with Gasteiger partial charge in [-0.1, -0.05) is 60.1 Å². The quantitative estimate of drug-likeness (QED) is 0.409. The lowest BCUT2D eigenvalue weighted by Gasteiger charge is -2.17. The summed E-state index contributed by atoms with van der Waals surface area (Å²) in [5.41, 5.74) is 1.37. The monoisotopic (exact) mass is 476 g/mol. The lowest BCUT2D eigenvalue weighted by molar-refractivity contribution is -0.119. The third-order valence-corrected chi connectivity index (χ3v) is 5.56. The first-order valence-corrected chi connectivity index (χ1v) is 10.8. The van der Waals surface area contributed by atoms with Gasteiger partial charge in [0.25, 0.3) is 11.5 Å². The average Bonchev–Trinajstić information content (AvgIpc) is 2.85. The van der Waals surface area contributed by atoms with Crippen LogP contribution in [0.1, 0.15) is 10.5 Å². The fourth-order valence-corrected chi connectivity index (χ4v) is 3.94. The molecule has 1 aromatic heterocycles. The molecule has 0 aliphatic heterocycles. The van der Waals surface area contributed by atoms with Gasteiger partial charge >= 0.3 is 5.97 Å². The van der Waals surface area contributed by atoms with Crippen LogP contribution >= 0.6 is 11.6 Å². The van der Waals surface area contributed by atoms with Crippen LogP contribution in [0, 0.1) is 0 Å². The second-order valence-electron chi connectivity index (χ2n) is 7.47. The van der Waals surface area contributed by atoms with Gasteiger partial charge in [0, 0.05) is 23.0 Å². The number of methoxy groups -OCH3 is 1. The van der Waals surface area contributed by atoms with Gasteiger partial charge in [-0.3, -0.25) is 9.59 Å². The number of rotatable bonds is 6. The molecule has 4 rings (SSSR count). The van der Waals surface area contributed by atoms with Crippen LogP contribution in [0.3, 0.4) is 0 Å². The van der Waals surface area contributed by atoms with Crippen molar-refractivity contribution in [2.45, 2.75) is 0 Å². The van der Waals surface area contributed by atoms with Crippen molar-refractivity contribution in [3.63, 3.8) is 0 Å². The molecule has 0 saturated carbocycles. The van der Waals surface area contributed by atoms with Crippen LogP contribution < -0.4 is 15.6 Å². The summed E-state index contributed by atoms with van der Waals surface area (Å²) >= 11 is 6.00. The van der Waals surface area contributed by atoms with E-state index in [1.165, 1.54) is 24.8 Å². The smallest absolute Gasteiger partial charge is 0.356 e. The highest BCUT2D eigenvalue weighted by atomic mass is 35.5. The van der Waals surface area contributed by atoms with Gasteiger partial charge in [-0.15, -0.1) is 0 Å². The van der Waals surface area contributed by atoms with Crippen LogP contribution in [-0.4, -0.2) is 30.2 Å². The van der Waals surface area contributed by atoms with Crippen molar-refractivity contribution in [2.24, 2.45) is 7.05 Å². The van der Waals surface area contributed by atoms with Crippen molar-refractivity contribution >= 4 is 39.9 Å². The Morgan fingerprint density at radius 2 is 1.65 bits per heavy atom. The van der Waals surface area contributed by atoms with Gasteiger partial charge < -0.3 is 19.4 Å². The minimum Gasteiger partial charge on any atom is -0.495 e. The number of fused-ring (bicyclic) bond motifs is 1. The minimum absolute atomic E-state index is 0.0584. The van der Waals surface area contributed by atoms with Crippen LogP contribution in [0.5, 0.6) is 5.75 Å². The Kier molecular flexibility index (Phi) is 6.65. The number of amides is 1. The predicted octanol–water partition coefficient (Wildman–Crippen LogP) is 4.66. The molecule has 4 aromatic rings. The van der Waals surface area contributed by atoms with E-state index in [4.69, 9.17) is 21.1 Å². The van der Waals surface area contributed by atoms with E-state index in [0.717, 1.165) is 5.56 Å². The molecule has 8 heteroatoms. The SMILES string of the molecule is COc1ccc(Cl)cc1NC(=O)COC(=O)c1c(-c2ccccc2)c2ccccc2c(=O)n1C. The van der Waals surface area contributed by atoms with Crippen molar-refractivity contribution in [3.8, 4) is 16.9 Å². The number of hydrogen-bond acceptors (Lipinski definition) is 5. The summed E-state index contributed by atoms with van der Waals surface area (Å²) in [5, 5.41) is 4.13. The van der Waals surface area contributed by atoms with Gasteiger partial charge in [-0.05, 0) is 35.2 Å². The molecule has 0 bridgehead atoms. The van der Waals surface area contributed by atoms with Gasteiger partial charge in [-0.2, -0.15) is 0 Å². The molecule has 0 radical (unpaired) electrons. The van der Waals surface area contributed by atoms with E-state index >= 15 is 0 Å². The molecular formula is C26H21ClN2O5. The molecule has 0 aliphatic carbocycles. The third kappa shape index (κ3) is 4.51. The van der Waals surface area contributed by atoms with Gasteiger partial charge in [0.1, 0.15) is 11.4 Å². The van der Waals surface area contributed by atoms with Crippen molar-refractivity contribution in [1.29, 1.82) is 0 Å². The molecule has 7 nitrogen and oxygen atoms in total. The van der Waals surface area contributed by atoms with Gasteiger partial charge in [-0.25, -0.2) is 4.79 Å². The Bertz CT molecular complexity index is 1450. The van der Waals surface area contributed by atoms with Gasteiger partial charge in [0.15, 0.2) is 6.61 Å². The van der Waals surface area contributed by atoms with Crippen LogP contribution in [0.15, 0.2) is 77.6 Å². The second kappa shape index (κ2) is 9.80. The molecule has 1 amide bonds. The summed E-state index contributed by atoms with van der Waals surface area (Å²) in [5.74, 6) is -0.967. The summed E-state index contributed by atoms with van der Waals surface area (Å²) in [6.07, 6.45) is 0. The van der Waals surface area contributed by atoms with Crippen LogP contribution in [0.4, 0.5) is 5.69 Å². The van der Waals surface area contributed by atoms with E-state index < -0.39 is 18.5 Å². The summed E-state index contributed by atoms with van der Waals surface area (Å²) in [7, 11) is 2.97. The van der Waals surface area contributed by atoms with E-state index in [-0.39, 0.29) is 11.3 Å². The maximum atomic E-state index is 13.2. The van der Waals surface area contributed by atoms with Gasteiger partial charge in [0.2, 0.25) is 0 Å². The largest absolute Gasteiger partial charge is 0.495 e. The first-order chi connectivity index (χ1) is 16.4. The number of nitrogens with one attached hydrogen (secondary N) is 1. The molecule has 1 N–H and O–H groups in total. The Morgan fingerprint density at radius 1 is 0.971 bits per heavy atom. The summed E-state index contributed by atoms with van der Waals surface area (Å²) in [6.45, 7) is -0.566. The Balaban J connectivity index is 1.67. The summed E-state index contributed by atoms with van der Waals surface area (Å²) < 4.78 is 11.8. The van der Waals surface area contributed by atoms with E-state index in [9.17, 15) is 14.4 Å². The number of benzene rings is 3. The molecule has 0 aliphatic rings. The molecular weight excluding hydrogens is 456 g/mol. The van der Waals surface area contributed by atoms with E-state index in [1.54, 1.807) is 36.4 Å². The highest BCUT2D eigenvalue weighted by Gasteiger charge is 2.23. The van der Waals surface area contributed by atoms with E-state index in [0.29, 0.717) is 32.8 Å². The van der Waals surface area contributed by atoms with E-state index in [2.05, 4.69) is 5.32 Å². The maximum absolute atomic E-state index is 13.2. The molecule has 0 fully saturated rings. The number of halogens is 1. The van der Waals surface area contributed by atoms with Crippen LogP contribution in [-0.2, 0) is 16.6 Å². The zero-order chi connectivity index (χ0) is 24.2. The zero-order valence-corrected chi connectivity index (χ0v) is 19.3. The first kappa shape index (κ1) is 23.1. The number of carbonyl (C=O) groups excluding carboxylic acids is 2. The van der Waals surface area contributed by atoms with Crippen molar-refractivity contribution in [2.75, 3.05) is 19.0 Å². The normalized spacial score (nSPS) is 10.7. The first-order valence-electron chi connectivity index (χ1n) is 10.4. The number of nitrogens with zero attached hydrogens (tertiary/aromatic N) is 1. The highest BCUT2D eigenvalue weighted by molar-refractivity contribution is 6.31. The number of aromatic nitrogens is 1. The maximum Gasteiger partial charge on any atom is 0.356 e. The number of esters is 1. The van der Waals surface area contributed by atoms with Gasteiger partial charge in [0.05, 0.1) is 12.8 Å². The molecule has 0 spiro atoms. The Morgan fingerprint density at radius 3 is 2.35 bits per heavy atom. The average molecular weight is 477 g/mol. The number of carbonyl (C=O) groups is 2. The Labute approximate surface area is 200 Å². The lowest BCUT2D eigenvalue weighted by Crippen LogP contribution is -2.28. The lowest BCUT2D eigenvalue weighted by atomic mass is 9.97. The number of anilines is 1. The summed E-state index contributed by atoms with van der Waals surface area (Å²) in [4.78, 5) is 38.6. The molecule has 0 atom stereocenters. The van der Waals surface area contributed by atoms with Crippen LogP contribution in [0.2, 0.25) is 5.02 Å². The fourth-order valence-electron chi connectivity index (χ4n) is 3.76. The predicted molar refractivity (Wildman–Crippen MR) is 132 cm³/mol.